The second-order valence-electron chi connectivity index (χ2n) is 7.28. The molecule has 0 unspecified atom stereocenters. The Morgan fingerprint density at radius 3 is 2.40 bits per heavy atom. The van der Waals surface area contributed by atoms with E-state index < -0.39 is 0 Å². The predicted molar refractivity (Wildman–Crippen MR) is 125 cm³/mol. The fraction of sp³-hybridized carbons (Fsp3) is 0.250. The van der Waals surface area contributed by atoms with E-state index in [2.05, 4.69) is 28.8 Å². The fourth-order valence-corrected chi connectivity index (χ4v) is 4.03. The SMILES string of the molecule is CSc1ccccc1NC(=O)CN(C)CC(=O)N[C@H](C)c1cccc2ccccc12. The first kappa shape index (κ1) is 21.9. The van der Waals surface area contributed by atoms with Gasteiger partial charge in [-0.05, 0) is 48.7 Å². The van der Waals surface area contributed by atoms with Gasteiger partial charge in [0, 0.05) is 4.90 Å². The minimum absolute atomic E-state index is 0.116. The molecule has 0 aliphatic rings. The van der Waals surface area contributed by atoms with E-state index in [9.17, 15) is 9.59 Å². The van der Waals surface area contributed by atoms with Crippen LogP contribution in [0.2, 0.25) is 0 Å². The van der Waals surface area contributed by atoms with Crippen LogP contribution in [0.1, 0.15) is 18.5 Å². The summed E-state index contributed by atoms with van der Waals surface area (Å²) in [5.74, 6) is -0.260. The molecule has 0 aliphatic heterocycles. The molecule has 0 saturated carbocycles. The molecule has 30 heavy (non-hydrogen) atoms. The van der Waals surface area contributed by atoms with Gasteiger partial charge in [-0.15, -0.1) is 11.8 Å². The van der Waals surface area contributed by atoms with Crippen LogP contribution in [-0.2, 0) is 9.59 Å². The minimum Gasteiger partial charge on any atom is -0.348 e. The Hall–Kier alpha value is -2.83. The first-order valence-corrected chi connectivity index (χ1v) is 11.1. The van der Waals surface area contributed by atoms with Crippen molar-refractivity contribution in [2.75, 3.05) is 31.7 Å². The Labute approximate surface area is 181 Å². The molecule has 1 atom stereocenters. The van der Waals surface area contributed by atoms with Crippen LogP contribution in [-0.4, -0.2) is 43.1 Å². The first-order chi connectivity index (χ1) is 14.5. The number of nitrogens with one attached hydrogen (secondary N) is 2. The number of para-hydroxylation sites is 1. The van der Waals surface area contributed by atoms with Crippen molar-refractivity contribution in [2.24, 2.45) is 0 Å². The lowest BCUT2D eigenvalue weighted by Gasteiger charge is -2.20. The van der Waals surface area contributed by atoms with Gasteiger partial charge in [0.05, 0.1) is 24.8 Å². The van der Waals surface area contributed by atoms with E-state index in [0.717, 1.165) is 26.9 Å². The van der Waals surface area contributed by atoms with Crippen molar-refractivity contribution in [2.45, 2.75) is 17.9 Å². The third kappa shape index (κ3) is 5.62. The topological polar surface area (TPSA) is 61.4 Å². The molecule has 0 heterocycles. The number of thioether (sulfide) groups is 1. The summed E-state index contributed by atoms with van der Waals surface area (Å²) in [6.07, 6.45) is 1.97. The number of carbonyl (C=O) groups excluding carboxylic acids is 2. The van der Waals surface area contributed by atoms with E-state index in [0.29, 0.717) is 0 Å². The first-order valence-electron chi connectivity index (χ1n) is 9.86. The lowest BCUT2D eigenvalue weighted by Crippen LogP contribution is -2.39. The molecule has 2 N–H and O–H groups in total. The number of carbonyl (C=O) groups is 2. The number of rotatable bonds is 8. The van der Waals surface area contributed by atoms with Gasteiger partial charge < -0.3 is 10.6 Å². The second kappa shape index (κ2) is 10.3. The zero-order chi connectivity index (χ0) is 21.5. The quantitative estimate of drug-likeness (QED) is 0.532. The van der Waals surface area contributed by atoms with Crippen LogP contribution in [0.25, 0.3) is 10.8 Å². The average molecular weight is 422 g/mol. The largest absolute Gasteiger partial charge is 0.348 e. The molecule has 0 aromatic heterocycles. The highest BCUT2D eigenvalue weighted by Gasteiger charge is 2.15. The number of amides is 2. The van der Waals surface area contributed by atoms with Gasteiger partial charge in [-0.25, -0.2) is 0 Å². The van der Waals surface area contributed by atoms with E-state index in [1.807, 2.05) is 61.7 Å². The highest BCUT2D eigenvalue weighted by molar-refractivity contribution is 7.98. The van der Waals surface area contributed by atoms with Crippen molar-refractivity contribution < 1.29 is 9.59 Å². The summed E-state index contributed by atoms with van der Waals surface area (Å²) >= 11 is 1.58. The number of hydrogen-bond acceptors (Lipinski definition) is 4. The van der Waals surface area contributed by atoms with Crippen molar-refractivity contribution in [3.05, 3.63) is 72.3 Å². The number of likely N-dealkylation sites (N-methyl/N-ethyl adjacent to an activating group) is 1. The normalized spacial score (nSPS) is 12.0. The number of fused-ring (bicyclic) bond motifs is 1. The highest BCUT2D eigenvalue weighted by atomic mass is 32.2. The minimum atomic E-state index is -0.145. The molecule has 0 spiro atoms. The molecule has 5 nitrogen and oxygen atoms in total. The van der Waals surface area contributed by atoms with Crippen LogP contribution in [0, 0.1) is 0 Å². The standard InChI is InChI=1S/C24H27N3O2S/c1-17(19-12-8-10-18-9-4-5-11-20(18)19)25-23(28)15-27(2)16-24(29)26-21-13-6-7-14-22(21)30-3/h4-14,17H,15-16H2,1-3H3,(H,25,28)(H,26,29)/t17-/m1/s1. The van der Waals surface area contributed by atoms with Gasteiger partial charge in [-0.2, -0.15) is 0 Å². The summed E-state index contributed by atoms with van der Waals surface area (Å²) in [5.41, 5.74) is 1.87. The van der Waals surface area contributed by atoms with Gasteiger partial charge in [-0.1, -0.05) is 54.6 Å². The molecule has 156 valence electrons. The van der Waals surface area contributed by atoms with Gasteiger partial charge in [0.1, 0.15) is 0 Å². The van der Waals surface area contributed by atoms with E-state index in [1.165, 1.54) is 0 Å². The molecule has 6 heteroatoms. The van der Waals surface area contributed by atoms with Crippen molar-refractivity contribution in [1.29, 1.82) is 0 Å². The van der Waals surface area contributed by atoms with Crippen LogP contribution in [0.4, 0.5) is 5.69 Å². The second-order valence-corrected chi connectivity index (χ2v) is 8.13. The Balaban J connectivity index is 1.54. The molecule has 3 aromatic carbocycles. The van der Waals surface area contributed by atoms with Gasteiger partial charge in [0.15, 0.2) is 0 Å². The number of anilines is 1. The van der Waals surface area contributed by atoms with Gasteiger partial charge in [-0.3, -0.25) is 14.5 Å². The van der Waals surface area contributed by atoms with Crippen molar-refractivity contribution in [3.63, 3.8) is 0 Å². The summed E-state index contributed by atoms with van der Waals surface area (Å²) in [6, 6.07) is 21.8. The van der Waals surface area contributed by atoms with E-state index in [1.54, 1.807) is 23.7 Å². The van der Waals surface area contributed by atoms with E-state index in [-0.39, 0.29) is 30.9 Å². The summed E-state index contributed by atoms with van der Waals surface area (Å²) < 4.78 is 0. The highest BCUT2D eigenvalue weighted by Crippen LogP contribution is 2.25. The van der Waals surface area contributed by atoms with Crippen LogP contribution < -0.4 is 10.6 Å². The van der Waals surface area contributed by atoms with Gasteiger partial charge >= 0.3 is 0 Å². The van der Waals surface area contributed by atoms with Crippen LogP contribution >= 0.6 is 11.8 Å². The predicted octanol–water partition coefficient (Wildman–Crippen LogP) is 4.31. The Morgan fingerprint density at radius 2 is 1.60 bits per heavy atom. The molecule has 2 amide bonds. The third-order valence-corrected chi connectivity index (χ3v) is 5.67. The summed E-state index contributed by atoms with van der Waals surface area (Å²) in [7, 11) is 1.77. The Bertz CT molecular complexity index is 1030. The average Bonchev–Trinajstić information content (AvgIpc) is 2.73. The fourth-order valence-electron chi connectivity index (χ4n) is 3.48. The van der Waals surface area contributed by atoms with Crippen LogP contribution in [0.3, 0.4) is 0 Å². The Kier molecular flexibility index (Phi) is 7.49. The lowest BCUT2D eigenvalue weighted by atomic mass is 10.00. The number of hydrogen-bond donors (Lipinski definition) is 2. The summed E-state index contributed by atoms with van der Waals surface area (Å²) in [5, 5.41) is 8.24. The molecular weight excluding hydrogens is 394 g/mol. The molecule has 3 aromatic rings. The van der Waals surface area contributed by atoms with E-state index >= 15 is 0 Å². The molecular formula is C24H27N3O2S. The monoisotopic (exact) mass is 421 g/mol. The zero-order valence-electron chi connectivity index (χ0n) is 17.5. The summed E-state index contributed by atoms with van der Waals surface area (Å²) in [6.45, 7) is 2.26. The Morgan fingerprint density at radius 1 is 0.933 bits per heavy atom. The maximum Gasteiger partial charge on any atom is 0.238 e. The molecule has 0 saturated heterocycles. The smallest absolute Gasteiger partial charge is 0.238 e. The molecule has 3 rings (SSSR count). The molecule has 0 bridgehead atoms. The van der Waals surface area contributed by atoms with Gasteiger partial charge in [0.25, 0.3) is 0 Å². The van der Waals surface area contributed by atoms with Gasteiger partial charge in [0.2, 0.25) is 11.8 Å². The summed E-state index contributed by atoms with van der Waals surface area (Å²) in [4.78, 5) is 27.6. The number of nitrogens with zero attached hydrogens (tertiary/aromatic N) is 1. The van der Waals surface area contributed by atoms with Crippen molar-refractivity contribution in [3.8, 4) is 0 Å². The molecule has 0 aliphatic carbocycles. The zero-order valence-corrected chi connectivity index (χ0v) is 18.3. The van der Waals surface area contributed by atoms with Crippen LogP contribution in [0.5, 0.6) is 0 Å². The molecule has 0 fully saturated rings. The van der Waals surface area contributed by atoms with Crippen molar-refractivity contribution in [1.82, 2.24) is 10.2 Å². The maximum atomic E-state index is 12.5. The van der Waals surface area contributed by atoms with E-state index in [4.69, 9.17) is 0 Å². The van der Waals surface area contributed by atoms with Crippen LogP contribution in [0.15, 0.2) is 71.6 Å². The number of benzene rings is 3. The third-order valence-electron chi connectivity index (χ3n) is 4.88. The lowest BCUT2D eigenvalue weighted by molar-refractivity contribution is -0.123. The van der Waals surface area contributed by atoms with Crippen molar-refractivity contribution >= 4 is 40.0 Å². The molecule has 0 radical (unpaired) electrons. The maximum absolute atomic E-state index is 12.5.